The number of piperidine rings is 1. The summed E-state index contributed by atoms with van der Waals surface area (Å²) < 4.78 is 0. The van der Waals surface area contributed by atoms with Crippen LogP contribution in [0.25, 0.3) is 0 Å². The highest BCUT2D eigenvalue weighted by atomic mass is 16.1. The van der Waals surface area contributed by atoms with Crippen LogP contribution in [0.15, 0.2) is 48.5 Å². The minimum absolute atomic E-state index is 0.165. The van der Waals surface area contributed by atoms with Crippen molar-refractivity contribution in [3.05, 3.63) is 54.2 Å². The molecule has 31 heavy (non-hydrogen) atoms. The molecule has 0 saturated carbocycles. The van der Waals surface area contributed by atoms with Gasteiger partial charge in [-0.05, 0) is 70.5 Å². The third-order valence-electron chi connectivity index (χ3n) is 6.60. The molecule has 2 aliphatic rings. The summed E-state index contributed by atoms with van der Waals surface area (Å²) in [6, 6.07) is 16.6. The Morgan fingerprint density at radius 1 is 0.935 bits per heavy atom. The zero-order chi connectivity index (χ0) is 21.6. The van der Waals surface area contributed by atoms with Gasteiger partial charge >= 0.3 is 0 Å². The van der Waals surface area contributed by atoms with Gasteiger partial charge < -0.3 is 15.1 Å². The molecule has 1 amide bonds. The van der Waals surface area contributed by atoms with Crippen LogP contribution in [0, 0.1) is 0 Å². The Balaban J connectivity index is 1.35. The number of nitrogens with zero attached hydrogens (tertiary/aromatic N) is 4. The van der Waals surface area contributed by atoms with Gasteiger partial charge in [0.15, 0.2) is 0 Å². The maximum atomic E-state index is 12.6. The lowest BCUT2D eigenvalue weighted by molar-refractivity contribution is 0.0965. The number of rotatable bonds is 5. The van der Waals surface area contributed by atoms with Crippen molar-refractivity contribution in [2.75, 3.05) is 49.5 Å². The number of amides is 1. The molecule has 6 heteroatoms. The first-order chi connectivity index (χ1) is 15.1. The molecule has 166 valence electrons. The smallest absolute Gasteiger partial charge is 0.274 e. The van der Waals surface area contributed by atoms with Gasteiger partial charge in [0.1, 0.15) is 11.5 Å². The van der Waals surface area contributed by atoms with Crippen molar-refractivity contribution >= 4 is 17.4 Å². The Morgan fingerprint density at radius 2 is 1.71 bits per heavy atom. The highest BCUT2D eigenvalue weighted by molar-refractivity contribution is 6.03. The van der Waals surface area contributed by atoms with Crippen molar-refractivity contribution in [1.82, 2.24) is 14.8 Å². The van der Waals surface area contributed by atoms with Crippen LogP contribution in [-0.2, 0) is 0 Å². The van der Waals surface area contributed by atoms with E-state index in [0.29, 0.717) is 17.8 Å². The van der Waals surface area contributed by atoms with Crippen molar-refractivity contribution in [2.24, 2.45) is 0 Å². The molecule has 1 aromatic heterocycles. The summed E-state index contributed by atoms with van der Waals surface area (Å²) in [4.78, 5) is 24.9. The number of carbonyl (C=O) groups is 1. The molecule has 0 unspecified atom stereocenters. The maximum absolute atomic E-state index is 12.6. The molecule has 0 radical (unpaired) electrons. The van der Waals surface area contributed by atoms with Crippen LogP contribution in [0.4, 0.5) is 11.5 Å². The summed E-state index contributed by atoms with van der Waals surface area (Å²) >= 11 is 0. The van der Waals surface area contributed by atoms with Gasteiger partial charge in [-0.25, -0.2) is 4.98 Å². The van der Waals surface area contributed by atoms with E-state index in [9.17, 15) is 4.79 Å². The summed E-state index contributed by atoms with van der Waals surface area (Å²) in [5.74, 6) is 0.735. The Labute approximate surface area is 186 Å². The molecule has 3 heterocycles. The van der Waals surface area contributed by atoms with E-state index in [1.807, 2.05) is 42.5 Å². The van der Waals surface area contributed by atoms with Crippen molar-refractivity contribution in [3.63, 3.8) is 0 Å². The van der Waals surface area contributed by atoms with E-state index >= 15 is 0 Å². The second kappa shape index (κ2) is 10.2. The Morgan fingerprint density at radius 3 is 2.45 bits per heavy atom. The number of nitrogens with one attached hydrogen (secondary N) is 1. The quantitative estimate of drug-likeness (QED) is 0.797. The molecule has 2 fully saturated rings. The fraction of sp³-hybridized carbons (Fsp3) is 0.520. The molecule has 1 aromatic carbocycles. The lowest BCUT2D eigenvalue weighted by Crippen LogP contribution is -2.47. The van der Waals surface area contributed by atoms with Crippen molar-refractivity contribution in [1.29, 1.82) is 0 Å². The summed E-state index contributed by atoms with van der Waals surface area (Å²) in [5.41, 5.74) is 1.25. The Hall–Kier alpha value is -2.44. The third kappa shape index (κ3) is 5.63. The third-order valence-corrected chi connectivity index (χ3v) is 6.60. The van der Waals surface area contributed by atoms with Crippen LogP contribution in [0.2, 0.25) is 0 Å². The molecular formula is C25H35N5O. The minimum atomic E-state index is -0.165. The summed E-state index contributed by atoms with van der Waals surface area (Å²) in [6.45, 7) is 11.2. The normalized spacial score (nSPS) is 19.4. The number of carbonyl (C=O) groups excluding carboxylic acids is 1. The SMILES string of the molecule is CC(C)N1CCC(N2CCCN(c3cccc(C(=O)Nc4ccccc4)n3)CC2)CC1. The van der Waals surface area contributed by atoms with Crippen LogP contribution < -0.4 is 10.2 Å². The van der Waals surface area contributed by atoms with Crippen molar-refractivity contribution in [2.45, 2.75) is 45.2 Å². The molecule has 6 nitrogen and oxygen atoms in total. The number of hydrogen-bond acceptors (Lipinski definition) is 5. The van der Waals surface area contributed by atoms with Crippen LogP contribution in [0.1, 0.15) is 43.6 Å². The topological polar surface area (TPSA) is 51.7 Å². The maximum Gasteiger partial charge on any atom is 0.274 e. The van der Waals surface area contributed by atoms with E-state index in [4.69, 9.17) is 0 Å². The molecular weight excluding hydrogens is 386 g/mol. The number of hydrogen-bond donors (Lipinski definition) is 1. The lowest BCUT2D eigenvalue weighted by Gasteiger charge is -2.39. The van der Waals surface area contributed by atoms with Gasteiger partial charge in [0, 0.05) is 44.0 Å². The molecule has 0 spiro atoms. The number of benzene rings is 1. The summed E-state index contributed by atoms with van der Waals surface area (Å²) in [5, 5.41) is 2.93. The molecule has 0 atom stereocenters. The zero-order valence-corrected chi connectivity index (χ0v) is 18.8. The first-order valence-corrected chi connectivity index (χ1v) is 11.7. The van der Waals surface area contributed by atoms with Crippen LogP contribution in [0.3, 0.4) is 0 Å². The Bertz CT molecular complexity index is 848. The van der Waals surface area contributed by atoms with Gasteiger partial charge in [-0.15, -0.1) is 0 Å². The molecule has 2 aromatic rings. The molecule has 1 N–H and O–H groups in total. The molecule has 4 rings (SSSR count). The zero-order valence-electron chi connectivity index (χ0n) is 18.8. The van der Waals surface area contributed by atoms with E-state index in [2.05, 4.69) is 38.8 Å². The van der Waals surface area contributed by atoms with E-state index in [0.717, 1.165) is 44.1 Å². The average molecular weight is 422 g/mol. The predicted octanol–water partition coefficient (Wildman–Crippen LogP) is 3.72. The largest absolute Gasteiger partial charge is 0.355 e. The summed E-state index contributed by atoms with van der Waals surface area (Å²) in [7, 11) is 0. The van der Waals surface area contributed by atoms with Crippen molar-refractivity contribution in [3.8, 4) is 0 Å². The number of pyridine rings is 1. The van der Waals surface area contributed by atoms with Crippen LogP contribution in [0.5, 0.6) is 0 Å². The van der Waals surface area contributed by atoms with Gasteiger partial charge in [-0.1, -0.05) is 24.3 Å². The highest BCUT2D eigenvalue weighted by Crippen LogP contribution is 2.21. The number of anilines is 2. The lowest BCUT2D eigenvalue weighted by atomic mass is 10.0. The van der Waals surface area contributed by atoms with E-state index < -0.39 is 0 Å². The van der Waals surface area contributed by atoms with Gasteiger partial charge in [-0.3, -0.25) is 9.69 Å². The highest BCUT2D eigenvalue weighted by Gasteiger charge is 2.27. The van der Waals surface area contributed by atoms with Crippen LogP contribution in [-0.4, -0.2) is 72.0 Å². The Kier molecular flexibility index (Phi) is 7.20. The van der Waals surface area contributed by atoms with Crippen LogP contribution >= 0.6 is 0 Å². The molecule has 2 aliphatic heterocycles. The van der Waals surface area contributed by atoms with E-state index in [1.165, 1.54) is 25.9 Å². The number of para-hydroxylation sites is 1. The number of likely N-dealkylation sites (tertiary alicyclic amines) is 1. The fourth-order valence-electron chi connectivity index (χ4n) is 4.74. The summed E-state index contributed by atoms with van der Waals surface area (Å²) in [6.07, 6.45) is 3.67. The number of aromatic nitrogens is 1. The fourth-order valence-corrected chi connectivity index (χ4v) is 4.74. The molecule has 0 bridgehead atoms. The van der Waals surface area contributed by atoms with Gasteiger partial charge in [-0.2, -0.15) is 0 Å². The van der Waals surface area contributed by atoms with Gasteiger partial charge in [0.25, 0.3) is 5.91 Å². The second-order valence-corrected chi connectivity index (χ2v) is 8.94. The molecule has 0 aliphatic carbocycles. The molecule has 2 saturated heterocycles. The van der Waals surface area contributed by atoms with E-state index in [1.54, 1.807) is 6.07 Å². The predicted molar refractivity (Wildman–Crippen MR) is 127 cm³/mol. The minimum Gasteiger partial charge on any atom is -0.355 e. The standard InChI is InChI=1S/C25H35N5O/c1-20(2)28-16-12-22(13-17-28)29-14-7-15-30(19-18-29)24-11-6-10-23(27-24)25(31)26-21-8-4-3-5-9-21/h3-6,8-11,20,22H,7,12-19H2,1-2H3,(H,26,31). The monoisotopic (exact) mass is 421 g/mol. The van der Waals surface area contributed by atoms with Gasteiger partial charge in [0.05, 0.1) is 0 Å². The van der Waals surface area contributed by atoms with Crippen molar-refractivity contribution < 1.29 is 4.79 Å². The second-order valence-electron chi connectivity index (χ2n) is 8.94. The first kappa shape index (κ1) is 21.8. The van der Waals surface area contributed by atoms with Gasteiger partial charge in [0.2, 0.25) is 0 Å². The average Bonchev–Trinajstić information content (AvgIpc) is 3.06. The first-order valence-electron chi connectivity index (χ1n) is 11.7. The van der Waals surface area contributed by atoms with E-state index in [-0.39, 0.29) is 5.91 Å².